The Kier molecular flexibility index (Phi) is 2.13. The average Bonchev–Trinajstić information content (AvgIpc) is 2.25. The van der Waals surface area contributed by atoms with E-state index < -0.39 is 0 Å². The van der Waals surface area contributed by atoms with Crippen molar-refractivity contribution in [3.8, 4) is 0 Å². The van der Waals surface area contributed by atoms with E-state index in [2.05, 4.69) is 0 Å². The molecule has 0 bridgehead atoms. The number of aliphatic hydroxyl groups excluding tert-OH is 1. The van der Waals surface area contributed by atoms with Crippen LogP contribution in [0.25, 0.3) is 0 Å². The highest BCUT2D eigenvalue weighted by Gasteiger charge is 2.13. The Labute approximate surface area is 75.6 Å². The summed E-state index contributed by atoms with van der Waals surface area (Å²) in [6, 6.07) is 0. The first-order chi connectivity index (χ1) is 5.86. The molecule has 0 aromatic carbocycles. The number of hydrogen-bond acceptors (Lipinski definition) is 3. The predicted molar refractivity (Wildman–Crippen MR) is 49.9 cm³/mol. The highest BCUT2D eigenvalue weighted by atomic mass is 32.2. The minimum absolute atomic E-state index is 0.318. The van der Waals surface area contributed by atoms with Crippen molar-refractivity contribution in [2.75, 3.05) is 12.4 Å². The molecule has 0 radical (unpaired) electrons. The lowest BCUT2D eigenvalue weighted by atomic mass is 10.3. The molecule has 1 N–H and O–H groups in total. The van der Waals surface area contributed by atoms with Gasteiger partial charge < -0.3 is 9.84 Å². The standard InChI is InChI=1S/C9H10O2S/c10-7-2-1-3-8-9(6-7)12-5-4-11-8/h1-2,6,10H,3-5H2. The zero-order valence-electron chi connectivity index (χ0n) is 6.62. The summed E-state index contributed by atoms with van der Waals surface area (Å²) in [4.78, 5) is 1.07. The van der Waals surface area contributed by atoms with Crippen LogP contribution in [-0.4, -0.2) is 17.5 Å². The molecule has 1 aliphatic heterocycles. The van der Waals surface area contributed by atoms with E-state index in [0.717, 1.165) is 29.4 Å². The van der Waals surface area contributed by atoms with Crippen molar-refractivity contribution in [1.82, 2.24) is 0 Å². The fourth-order valence-electron chi connectivity index (χ4n) is 1.22. The van der Waals surface area contributed by atoms with Crippen LogP contribution in [0.3, 0.4) is 0 Å². The van der Waals surface area contributed by atoms with E-state index in [4.69, 9.17) is 4.74 Å². The second-order valence-corrected chi connectivity index (χ2v) is 3.80. The van der Waals surface area contributed by atoms with Gasteiger partial charge in [0.25, 0.3) is 0 Å². The molecule has 2 aliphatic rings. The van der Waals surface area contributed by atoms with Crippen molar-refractivity contribution >= 4 is 11.8 Å². The largest absolute Gasteiger partial charge is 0.508 e. The first kappa shape index (κ1) is 7.80. The number of aliphatic hydroxyl groups is 1. The van der Waals surface area contributed by atoms with E-state index in [1.54, 1.807) is 23.9 Å². The highest BCUT2D eigenvalue weighted by Crippen LogP contribution is 2.31. The van der Waals surface area contributed by atoms with E-state index in [1.165, 1.54) is 0 Å². The Morgan fingerprint density at radius 1 is 1.50 bits per heavy atom. The molecule has 0 saturated heterocycles. The molecule has 2 rings (SSSR count). The number of rotatable bonds is 0. The Hall–Kier alpha value is -0.830. The number of thioether (sulfide) groups is 1. The Morgan fingerprint density at radius 3 is 3.33 bits per heavy atom. The van der Waals surface area contributed by atoms with Crippen LogP contribution in [0.15, 0.2) is 34.7 Å². The van der Waals surface area contributed by atoms with E-state index in [1.807, 2.05) is 6.08 Å². The molecular weight excluding hydrogens is 172 g/mol. The van der Waals surface area contributed by atoms with Gasteiger partial charge in [-0.1, -0.05) is 6.08 Å². The Morgan fingerprint density at radius 2 is 2.42 bits per heavy atom. The van der Waals surface area contributed by atoms with Crippen LogP contribution in [0.4, 0.5) is 0 Å². The normalized spacial score (nSPS) is 22.5. The molecule has 3 heteroatoms. The lowest BCUT2D eigenvalue weighted by Gasteiger charge is -2.17. The van der Waals surface area contributed by atoms with Crippen LogP contribution in [0.5, 0.6) is 0 Å². The lowest BCUT2D eigenvalue weighted by molar-refractivity contribution is 0.223. The maximum atomic E-state index is 9.30. The Bertz CT molecular complexity index is 276. The Balaban J connectivity index is 2.31. The number of ether oxygens (including phenoxy) is 1. The van der Waals surface area contributed by atoms with Crippen molar-refractivity contribution in [3.63, 3.8) is 0 Å². The zero-order chi connectivity index (χ0) is 8.39. The van der Waals surface area contributed by atoms with Crippen LogP contribution in [0, 0.1) is 0 Å². The fraction of sp³-hybridized carbons (Fsp3) is 0.333. The molecule has 1 heterocycles. The van der Waals surface area contributed by atoms with Gasteiger partial charge >= 0.3 is 0 Å². The summed E-state index contributed by atoms with van der Waals surface area (Å²) in [6.07, 6.45) is 6.19. The average molecular weight is 182 g/mol. The molecule has 0 aromatic rings. The molecule has 1 aliphatic carbocycles. The van der Waals surface area contributed by atoms with Gasteiger partial charge in [-0.15, -0.1) is 11.8 Å². The third kappa shape index (κ3) is 1.50. The van der Waals surface area contributed by atoms with E-state index in [9.17, 15) is 5.11 Å². The molecule has 12 heavy (non-hydrogen) atoms. The topological polar surface area (TPSA) is 29.5 Å². The van der Waals surface area contributed by atoms with E-state index >= 15 is 0 Å². The third-order valence-electron chi connectivity index (χ3n) is 1.76. The summed E-state index contributed by atoms with van der Waals surface area (Å²) >= 11 is 1.74. The zero-order valence-corrected chi connectivity index (χ0v) is 7.43. The van der Waals surface area contributed by atoms with Gasteiger partial charge in [0, 0.05) is 17.1 Å². The smallest absolute Gasteiger partial charge is 0.116 e. The molecule has 0 aromatic heterocycles. The minimum Gasteiger partial charge on any atom is -0.508 e. The first-order valence-corrected chi connectivity index (χ1v) is 4.91. The quantitative estimate of drug-likeness (QED) is 0.623. The lowest BCUT2D eigenvalue weighted by Crippen LogP contribution is -2.04. The van der Waals surface area contributed by atoms with Crippen molar-refractivity contribution in [3.05, 3.63) is 34.7 Å². The number of hydrogen-bond donors (Lipinski definition) is 1. The molecule has 64 valence electrons. The highest BCUT2D eigenvalue weighted by molar-refractivity contribution is 8.03. The summed E-state index contributed by atoms with van der Waals surface area (Å²) in [5.41, 5.74) is 0. The van der Waals surface area contributed by atoms with Gasteiger partial charge in [-0.25, -0.2) is 0 Å². The molecule has 0 amide bonds. The summed E-state index contributed by atoms with van der Waals surface area (Å²) in [6.45, 7) is 0.784. The summed E-state index contributed by atoms with van der Waals surface area (Å²) in [5.74, 6) is 2.28. The van der Waals surface area contributed by atoms with Crippen molar-refractivity contribution < 1.29 is 9.84 Å². The van der Waals surface area contributed by atoms with Crippen molar-refractivity contribution in [2.45, 2.75) is 6.42 Å². The van der Waals surface area contributed by atoms with E-state index in [-0.39, 0.29) is 0 Å². The second-order valence-electron chi connectivity index (χ2n) is 2.66. The van der Waals surface area contributed by atoms with Gasteiger partial charge in [0.15, 0.2) is 0 Å². The maximum Gasteiger partial charge on any atom is 0.116 e. The van der Waals surface area contributed by atoms with Gasteiger partial charge in [0.05, 0.1) is 6.61 Å². The van der Waals surface area contributed by atoms with Crippen LogP contribution < -0.4 is 0 Å². The third-order valence-corrected chi connectivity index (χ3v) is 2.79. The maximum absolute atomic E-state index is 9.30. The summed E-state index contributed by atoms with van der Waals surface area (Å²) in [7, 11) is 0. The second kappa shape index (κ2) is 3.27. The van der Waals surface area contributed by atoms with Gasteiger partial charge in [-0.3, -0.25) is 0 Å². The number of allylic oxidation sites excluding steroid dienone is 3. The predicted octanol–water partition coefficient (Wildman–Crippen LogP) is 2.36. The molecular formula is C9H10O2S. The molecule has 2 nitrogen and oxygen atoms in total. The van der Waals surface area contributed by atoms with E-state index in [0.29, 0.717) is 5.76 Å². The monoisotopic (exact) mass is 182 g/mol. The van der Waals surface area contributed by atoms with Crippen molar-refractivity contribution in [2.24, 2.45) is 0 Å². The van der Waals surface area contributed by atoms with Crippen LogP contribution in [-0.2, 0) is 4.74 Å². The molecule has 0 atom stereocenters. The molecule has 0 spiro atoms. The van der Waals surface area contributed by atoms with Gasteiger partial charge in [0.2, 0.25) is 0 Å². The SMILES string of the molecule is OC1=CC2=C(CC=C1)OCCS2. The van der Waals surface area contributed by atoms with Gasteiger partial charge in [0.1, 0.15) is 11.5 Å². The molecule has 0 fully saturated rings. The molecule has 0 saturated carbocycles. The summed E-state index contributed by atoms with van der Waals surface area (Å²) in [5, 5.41) is 9.30. The fourth-order valence-corrected chi connectivity index (χ4v) is 2.11. The van der Waals surface area contributed by atoms with Gasteiger partial charge in [-0.2, -0.15) is 0 Å². The minimum atomic E-state index is 0.318. The first-order valence-electron chi connectivity index (χ1n) is 3.92. The van der Waals surface area contributed by atoms with Gasteiger partial charge in [-0.05, 0) is 12.2 Å². The van der Waals surface area contributed by atoms with Crippen LogP contribution in [0.1, 0.15) is 6.42 Å². The van der Waals surface area contributed by atoms with Crippen molar-refractivity contribution in [1.29, 1.82) is 0 Å². The van der Waals surface area contributed by atoms with Crippen LogP contribution in [0.2, 0.25) is 0 Å². The molecule has 0 unspecified atom stereocenters. The summed E-state index contributed by atoms with van der Waals surface area (Å²) < 4.78 is 5.46. The van der Waals surface area contributed by atoms with Crippen LogP contribution >= 0.6 is 11.8 Å².